The SMILES string of the molecule is O=C(Cn1cc(C(=O)c2ccccc2)c(=O)c2ccccc21)Nc1cccc(Cl)c1. The summed E-state index contributed by atoms with van der Waals surface area (Å²) >= 11 is 5.97. The lowest BCUT2D eigenvalue weighted by Gasteiger charge is -2.13. The molecule has 0 saturated carbocycles. The number of halogens is 1. The van der Waals surface area contributed by atoms with E-state index in [1.54, 1.807) is 83.4 Å². The molecule has 0 unspecified atom stereocenters. The third kappa shape index (κ3) is 4.02. The first-order valence-electron chi connectivity index (χ1n) is 9.30. The number of fused-ring (bicyclic) bond motifs is 1. The van der Waals surface area contributed by atoms with Gasteiger partial charge in [-0.05, 0) is 30.3 Å². The number of benzene rings is 3. The van der Waals surface area contributed by atoms with Crippen molar-refractivity contribution in [1.82, 2.24) is 4.57 Å². The van der Waals surface area contributed by atoms with E-state index in [4.69, 9.17) is 11.6 Å². The molecule has 3 aromatic carbocycles. The van der Waals surface area contributed by atoms with Crippen molar-refractivity contribution >= 4 is 39.9 Å². The molecule has 1 amide bonds. The van der Waals surface area contributed by atoms with Crippen molar-refractivity contribution in [3.63, 3.8) is 0 Å². The molecule has 0 saturated heterocycles. The van der Waals surface area contributed by atoms with Gasteiger partial charge >= 0.3 is 0 Å². The monoisotopic (exact) mass is 416 g/mol. The van der Waals surface area contributed by atoms with Crippen LogP contribution in [0.2, 0.25) is 5.02 Å². The average molecular weight is 417 g/mol. The number of hydrogen-bond donors (Lipinski definition) is 1. The van der Waals surface area contributed by atoms with E-state index < -0.39 is 0 Å². The van der Waals surface area contributed by atoms with Crippen LogP contribution in [0, 0.1) is 0 Å². The van der Waals surface area contributed by atoms with E-state index in [1.807, 2.05) is 0 Å². The molecule has 1 heterocycles. The van der Waals surface area contributed by atoms with Gasteiger partial charge in [-0.25, -0.2) is 0 Å². The summed E-state index contributed by atoms with van der Waals surface area (Å²) in [4.78, 5) is 38.5. The van der Waals surface area contributed by atoms with Crippen molar-refractivity contribution < 1.29 is 9.59 Å². The van der Waals surface area contributed by atoms with Crippen molar-refractivity contribution in [1.29, 1.82) is 0 Å². The van der Waals surface area contributed by atoms with Crippen LogP contribution in [0.15, 0.2) is 89.9 Å². The van der Waals surface area contributed by atoms with Crippen LogP contribution in [-0.4, -0.2) is 16.3 Å². The number of para-hydroxylation sites is 1. The minimum atomic E-state index is -0.379. The Hall–Kier alpha value is -3.70. The van der Waals surface area contributed by atoms with Crippen molar-refractivity contribution in [2.45, 2.75) is 6.54 Å². The highest BCUT2D eigenvalue weighted by molar-refractivity contribution is 6.30. The highest BCUT2D eigenvalue weighted by atomic mass is 35.5. The molecule has 0 aliphatic heterocycles. The highest BCUT2D eigenvalue weighted by Crippen LogP contribution is 2.17. The smallest absolute Gasteiger partial charge is 0.244 e. The van der Waals surface area contributed by atoms with Gasteiger partial charge < -0.3 is 9.88 Å². The fourth-order valence-electron chi connectivity index (χ4n) is 3.30. The number of nitrogens with zero attached hydrogens (tertiary/aromatic N) is 1. The predicted molar refractivity (Wildman–Crippen MR) is 118 cm³/mol. The van der Waals surface area contributed by atoms with Gasteiger partial charge in [0.25, 0.3) is 0 Å². The summed E-state index contributed by atoms with van der Waals surface area (Å²) in [5, 5.41) is 3.68. The molecule has 0 bridgehead atoms. The molecule has 148 valence electrons. The Labute approximate surface area is 177 Å². The molecule has 0 aliphatic carbocycles. The van der Waals surface area contributed by atoms with Gasteiger partial charge in [0.05, 0.1) is 11.1 Å². The van der Waals surface area contributed by atoms with Crippen LogP contribution in [0.25, 0.3) is 10.9 Å². The van der Waals surface area contributed by atoms with Gasteiger partial charge in [0, 0.05) is 27.9 Å². The van der Waals surface area contributed by atoms with E-state index in [1.165, 1.54) is 6.20 Å². The van der Waals surface area contributed by atoms with Gasteiger partial charge in [0.1, 0.15) is 6.54 Å². The Morgan fingerprint density at radius 3 is 2.40 bits per heavy atom. The maximum absolute atomic E-state index is 13.0. The van der Waals surface area contributed by atoms with E-state index in [0.717, 1.165) is 0 Å². The number of pyridine rings is 1. The average Bonchev–Trinajstić information content (AvgIpc) is 2.76. The number of carbonyl (C=O) groups excluding carboxylic acids is 2. The number of anilines is 1. The van der Waals surface area contributed by atoms with Crippen LogP contribution >= 0.6 is 11.6 Å². The topological polar surface area (TPSA) is 68.2 Å². The summed E-state index contributed by atoms with van der Waals surface area (Å²) in [6, 6.07) is 22.4. The van der Waals surface area contributed by atoms with Gasteiger partial charge in [0.15, 0.2) is 5.78 Å². The molecule has 1 aromatic heterocycles. The first-order chi connectivity index (χ1) is 14.5. The lowest BCUT2D eigenvalue weighted by molar-refractivity contribution is -0.116. The fourth-order valence-corrected chi connectivity index (χ4v) is 3.49. The maximum atomic E-state index is 13.0. The third-order valence-corrected chi connectivity index (χ3v) is 4.93. The molecule has 0 spiro atoms. The van der Waals surface area contributed by atoms with Gasteiger partial charge in [0.2, 0.25) is 11.3 Å². The second-order valence-electron chi connectivity index (χ2n) is 6.77. The molecule has 0 atom stereocenters. The zero-order chi connectivity index (χ0) is 21.1. The Kier molecular flexibility index (Phi) is 5.46. The van der Waals surface area contributed by atoms with Crippen LogP contribution in [0.4, 0.5) is 5.69 Å². The molecule has 5 nitrogen and oxygen atoms in total. The standard InChI is InChI=1S/C24H17ClN2O3/c25-17-9-6-10-18(13-17)26-22(28)15-27-14-20(23(29)16-7-2-1-3-8-16)24(30)19-11-4-5-12-21(19)27/h1-14H,15H2,(H,26,28). The largest absolute Gasteiger partial charge is 0.337 e. The Morgan fingerprint density at radius 2 is 1.63 bits per heavy atom. The van der Waals surface area contributed by atoms with E-state index in [-0.39, 0.29) is 29.2 Å². The molecule has 1 N–H and O–H groups in total. The number of amides is 1. The summed E-state index contributed by atoms with van der Waals surface area (Å²) in [6.45, 7) is -0.0671. The third-order valence-electron chi connectivity index (χ3n) is 4.69. The van der Waals surface area contributed by atoms with Crippen LogP contribution in [0.1, 0.15) is 15.9 Å². The molecule has 6 heteroatoms. The van der Waals surface area contributed by atoms with E-state index in [0.29, 0.717) is 27.2 Å². The van der Waals surface area contributed by atoms with E-state index in [2.05, 4.69) is 5.32 Å². The molecule has 4 aromatic rings. The molecular formula is C24H17ClN2O3. The summed E-state index contributed by atoms with van der Waals surface area (Å²) in [6.07, 6.45) is 1.46. The summed E-state index contributed by atoms with van der Waals surface area (Å²) < 4.78 is 1.62. The summed E-state index contributed by atoms with van der Waals surface area (Å²) in [7, 11) is 0. The van der Waals surface area contributed by atoms with Crippen molar-refractivity contribution in [2.24, 2.45) is 0 Å². The quantitative estimate of drug-likeness (QED) is 0.486. The van der Waals surface area contributed by atoms with E-state index >= 15 is 0 Å². The number of carbonyl (C=O) groups is 2. The minimum Gasteiger partial charge on any atom is -0.337 e. The number of ketones is 1. The Balaban J connectivity index is 1.74. The zero-order valence-electron chi connectivity index (χ0n) is 15.8. The molecule has 0 aliphatic rings. The highest BCUT2D eigenvalue weighted by Gasteiger charge is 2.18. The van der Waals surface area contributed by atoms with Crippen LogP contribution < -0.4 is 10.7 Å². The lowest BCUT2D eigenvalue weighted by Crippen LogP contribution is -2.24. The van der Waals surface area contributed by atoms with Crippen molar-refractivity contribution in [2.75, 3.05) is 5.32 Å². The number of aromatic nitrogens is 1. The maximum Gasteiger partial charge on any atom is 0.244 e. The zero-order valence-corrected chi connectivity index (χ0v) is 16.6. The van der Waals surface area contributed by atoms with Gasteiger partial charge in [-0.3, -0.25) is 14.4 Å². The first-order valence-corrected chi connectivity index (χ1v) is 9.68. The molecule has 0 fully saturated rings. The molecule has 30 heavy (non-hydrogen) atoms. The van der Waals surface area contributed by atoms with Gasteiger partial charge in [-0.1, -0.05) is 60.1 Å². The predicted octanol–water partition coefficient (Wildman–Crippen LogP) is 4.52. The van der Waals surface area contributed by atoms with Gasteiger partial charge in [-0.15, -0.1) is 0 Å². The Morgan fingerprint density at radius 1 is 0.900 bits per heavy atom. The van der Waals surface area contributed by atoms with Crippen molar-refractivity contribution in [3.8, 4) is 0 Å². The van der Waals surface area contributed by atoms with Gasteiger partial charge in [-0.2, -0.15) is 0 Å². The summed E-state index contributed by atoms with van der Waals surface area (Å²) in [5.74, 6) is -0.681. The molecular weight excluding hydrogens is 400 g/mol. The van der Waals surface area contributed by atoms with E-state index in [9.17, 15) is 14.4 Å². The van der Waals surface area contributed by atoms with Crippen LogP contribution in [-0.2, 0) is 11.3 Å². The lowest BCUT2D eigenvalue weighted by atomic mass is 10.0. The molecule has 0 radical (unpaired) electrons. The second kappa shape index (κ2) is 8.35. The fraction of sp³-hybridized carbons (Fsp3) is 0.0417. The van der Waals surface area contributed by atoms with Crippen molar-refractivity contribution in [3.05, 3.63) is 111 Å². The second-order valence-corrected chi connectivity index (χ2v) is 7.21. The number of rotatable bonds is 5. The minimum absolute atomic E-state index is 0.0236. The van der Waals surface area contributed by atoms with Crippen LogP contribution in [0.3, 0.4) is 0 Å². The normalized spacial score (nSPS) is 10.7. The number of hydrogen-bond acceptors (Lipinski definition) is 3. The Bertz CT molecular complexity index is 1310. The first kappa shape index (κ1) is 19.6. The molecule has 4 rings (SSSR count). The van der Waals surface area contributed by atoms with Crippen LogP contribution in [0.5, 0.6) is 0 Å². The summed E-state index contributed by atoms with van der Waals surface area (Å²) in [5.41, 5.74) is 1.23. The number of nitrogens with one attached hydrogen (secondary N) is 1.